The number of halogens is 2. The standard InChI is InChI=1S/C15H14ClFN2O2S/c1-10-6-8-12(9-7-10)22(20,21)19-18-11(2)13-4-3-5-14(16)15(13)17/h3-9,19H,1-2H3/b18-11-. The molecule has 0 fully saturated rings. The van der Waals surface area contributed by atoms with E-state index in [1.807, 2.05) is 6.92 Å². The zero-order chi connectivity index (χ0) is 16.3. The summed E-state index contributed by atoms with van der Waals surface area (Å²) in [7, 11) is -3.80. The molecule has 0 spiro atoms. The lowest BCUT2D eigenvalue weighted by Crippen LogP contribution is -2.20. The molecule has 0 bridgehead atoms. The zero-order valence-corrected chi connectivity index (χ0v) is 13.5. The summed E-state index contributed by atoms with van der Waals surface area (Å²) in [6.07, 6.45) is 0. The van der Waals surface area contributed by atoms with Gasteiger partial charge in [0.25, 0.3) is 10.0 Å². The maximum Gasteiger partial charge on any atom is 0.276 e. The number of nitrogens with zero attached hydrogens (tertiary/aromatic N) is 1. The predicted octanol–water partition coefficient (Wildman–Crippen LogP) is 3.49. The van der Waals surface area contributed by atoms with Gasteiger partial charge in [-0.1, -0.05) is 41.4 Å². The zero-order valence-electron chi connectivity index (χ0n) is 12.0. The van der Waals surface area contributed by atoms with Crippen molar-refractivity contribution < 1.29 is 12.8 Å². The number of aryl methyl sites for hydroxylation is 1. The molecule has 0 aromatic heterocycles. The quantitative estimate of drug-likeness (QED) is 0.684. The number of hydrazone groups is 1. The van der Waals surface area contributed by atoms with E-state index in [4.69, 9.17) is 11.6 Å². The second-order valence-corrected chi connectivity index (χ2v) is 6.77. The Morgan fingerprint density at radius 3 is 2.45 bits per heavy atom. The van der Waals surface area contributed by atoms with Gasteiger partial charge in [0.2, 0.25) is 0 Å². The third-order valence-electron chi connectivity index (χ3n) is 3.01. The van der Waals surface area contributed by atoms with Crippen LogP contribution in [-0.4, -0.2) is 14.1 Å². The van der Waals surface area contributed by atoms with Crippen molar-refractivity contribution in [3.63, 3.8) is 0 Å². The van der Waals surface area contributed by atoms with Crippen molar-refractivity contribution >= 4 is 27.3 Å². The van der Waals surface area contributed by atoms with Crippen LogP contribution in [-0.2, 0) is 10.0 Å². The average molecular weight is 341 g/mol. The molecule has 2 aromatic carbocycles. The molecule has 0 unspecified atom stereocenters. The summed E-state index contributed by atoms with van der Waals surface area (Å²) < 4.78 is 38.0. The van der Waals surface area contributed by atoms with Crippen LogP contribution < -0.4 is 4.83 Å². The molecule has 0 aliphatic carbocycles. The molecule has 0 aliphatic heterocycles. The molecule has 116 valence electrons. The van der Waals surface area contributed by atoms with E-state index in [0.29, 0.717) is 0 Å². The Kier molecular flexibility index (Phi) is 4.83. The second-order valence-electron chi connectivity index (χ2n) is 4.71. The van der Waals surface area contributed by atoms with Gasteiger partial charge in [-0.3, -0.25) is 0 Å². The van der Waals surface area contributed by atoms with Crippen LogP contribution in [0.4, 0.5) is 4.39 Å². The van der Waals surface area contributed by atoms with Crippen molar-refractivity contribution in [3.05, 3.63) is 64.4 Å². The van der Waals surface area contributed by atoms with E-state index >= 15 is 0 Å². The van der Waals surface area contributed by atoms with Crippen molar-refractivity contribution in [2.75, 3.05) is 0 Å². The summed E-state index contributed by atoms with van der Waals surface area (Å²) in [6, 6.07) is 10.8. The number of hydrogen-bond donors (Lipinski definition) is 1. The Labute approximate surface area is 133 Å². The van der Waals surface area contributed by atoms with Crippen LogP contribution in [0.3, 0.4) is 0 Å². The lowest BCUT2D eigenvalue weighted by molar-refractivity contribution is 0.584. The number of benzene rings is 2. The lowest BCUT2D eigenvalue weighted by atomic mass is 10.1. The Morgan fingerprint density at radius 2 is 1.82 bits per heavy atom. The highest BCUT2D eigenvalue weighted by Crippen LogP contribution is 2.18. The van der Waals surface area contributed by atoms with E-state index in [1.54, 1.807) is 18.2 Å². The summed E-state index contributed by atoms with van der Waals surface area (Å²) >= 11 is 5.69. The summed E-state index contributed by atoms with van der Waals surface area (Å²) in [5, 5.41) is 3.70. The summed E-state index contributed by atoms with van der Waals surface area (Å²) in [4.78, 5) is 2.17. The van der Waals surface area contributed by atoms with Crippen molar-refractivity contribution in [3.8, 4) is 0 Å². The minimum absolute atomic E-state index is 0.0477. The first-order valence-corrected chi connectivity index (χ1v) is 8.24. The van der Waals surface area contributed by atoms with Crippen LogP contribution in [0.2, 0.25) is 5.02 Å². The molecule has 0 saturated heterocycles. The van der Waals surface area contributed by atoms with Gasteiger partial charge < -0.3 is 0 Å². The molecule has 4 nitrogen and oxygen atoms in total. The van der Waals surface area contributed by atoms with E-state index in [0.717, 1.165) is 5.56 Å². The fourth-order valence-electron chi connectivity index (χ4n) is 1.74. The van der Waals surface area contributed by atoms with Crippen LogP contribution in [0.1, 0.15) is 18.1 Å². The Balaban J connectivity index is 2.26. The smallest absolute Gasteiger partial charge is 0.205 e. The molecule has 0 radical (unpaired) electrons. The molecule has 0 amide bonds. The number of nitrogens with one attached hydrogen (secondary N) is 1. The maximum absolute atomic E-state index is 13.8. The topological polar surface area (TPSA) is 58.5 Å². The van der Waals surface area contributed by atoms with Crippen molar-refractivity contribution in [2.24, 2.45) is 5.10 Å². The SMILES string of the molecule is C/C(=N/NS(=O)(=O)c1ccc(C)cc1)c1cccc(Cl)c1F. The van der Waals surface area contributed by atoms with E-state index in [2.05, 4.69) is 9.93 Å². The van der Waals surface area contributed by atoms with Gasteiger partial charge in [-0.15, -0.1) is 0 Å². The molecule has 2 aromatic rings. The summed E-state index contributed by atoms with van der Waals surface area (Å²) in [5.74, 6) is -0.639. The molecular weight excluding hydrogens is 327 g/mol. The Bertz CT molecular complexity index is 818. The van der Waals surface area contributed by atoms with E-state index in [9.17, 15) is 12.8 Å². The van der Waals surface area contributed by atoms with Crippen LogP contribution in [0.15, 0.2) is 52.5 Å². The number of rotatable bonds is 4. The first-order chi connectivity index (χ1) is 10.3. The van der Waals surface area contributed by atoms with Gasteiger partial charge in [0.15, 0.2) is 5.82 Å². The number of hydrogen-bond acceptors (Lipinski definition) is 3. The number of sulfonamides is 1. The Morgan fingerprint density at radius 1 is 1.18 bits per heavy atom. The molecule has 22 heavy (non-hydrogen) atoms. The van der Waals surface area contributed by atoms with Crippen molar-refractivity contribution in [2.45, 2.75) is 18.7 Å². The molecular formula is C15H14ClFN2O2S. The molecule has 0 aliphatic rings. The Hall–Kier alpha value is -1.92. The maximum atomic E-state index is 13.8. The van der Waals surface area contributed by atoms with E-state index < -0.39 is 15.8 Å². The second kappa shape index (κ2) is 6.46. The molecule has 0 atom stereocenters. The monoisotopic (exact) mass is 340 g/mol. The average Bonchev–Trinajstić information content (AvgIpc) is 2.48. The largest absolute Gasteiger partial charge is 0.276 e. The normalized spacial score (nSPS) is 12.3. The van der Waals surface area contributed by atoms with Crippen LogP contribution in [0.5, 0.6) is 0 Å². The summed E-state index contributed by atoms with van der Waals surface area (Å²) in [5.41, 5.74) is 1.26. The fraction of sp³-hybridized carbons (Fsp3) is 0.133. The first kappa shape index (κ1) is 16.5. The van der Waals surface area contributed by atoms with E-state index in [1.165, 1.54) is 31.2 Å². The van der Waals surface area contributed by atoms with Crippen molar-refractivity contribution in [1.29, 1.82) is 0 Å². The fourth-order valence-corrected chi connectivity index (χ4v) is 2.77. The van der Waals surface area contributed by atoms with Gasteiger partial charge in [-0.2, -0.15) is 18.4 Å². The molecule has 7 heteroatoms. The van der Waals surface area contributed by atoms with Crippen LogP contribution in [0, 0.1) is 12.7 Å². The van der Waals surface area contributed by atoms with Gasteiger partial charge in [0, 0.05) is 5.56 Å². The highest BCUT2D eigenvalue weighted by Gasteiger charge is 2.14. The molecule has 2 rings (SSSR count). The minimum atomic E-state index is -3.80. The summed E-state index contributed by atoms with van der Waals surface area (Å²) in [6.45, 7) is 3.35. The molecule has 0 saturated carbocycles. The third-order valence-corrected chi connectivity index (χ3v) is 4.52. The van der Waals surface area contributed by atoms with Gasteiger partial charge in [0.05, 0.1) is 15.6 Å². The first-order valence-electron chi connectivity index (χ1n) is 6.38. The predicted molar refractivity (Wildman–Crippen MR) is 85.1 cm³/mol. The molecule has 1 N–H and O–H groups in total. The van der Waals surface area contributed by atoms with Gasteiger partial charge in [-0.25, -0.2) is 4.39 Å². The van der Waals surface area contributed by atoms with Gasteiger partial charge in [-0.05, 0) is 32.0 Å². The molecule has 0 heterocycles. The highest BCUT2D eigenvalue weighted by molar-refractivity contribution is 7.89. The van der Waals surface area contributed by atoms with E-state index in [-0.39, 0.29) is 21.2 Å². The van der Waals surface area contributed by atoms with Crippen molar-refractivity contribution in [1.82, 2.24) is 4.83 Å². The van der Waals surface area contributed by atoms with Crippen LogP contribution >= 0.6 is 11.6 Å². The van der Waals surface area contributed by atoms with Gasteiger partial charge in [0.1, 0.15) is 0 Å². The lowest BCUT2D eigenvalue weighted by Gasteiger charge is -2.07. The minimum Gasteiger partial charge on any atom is -0.205 e. The highest BCUT2D eigenvalue weighted by atomic mass is 35.5. The third kappa shape index (κ3) is 3.64. The van der Waals surface area contributed by atoms with Crippen LogP contribution in [0.25, 0.3) is 0 Å². The van der Waals surface area contributed by atoms with Gasteiger partial charge >= 0.3 is 0 Å².